The number of likely N-dealkylation sites (tertiary alicyclic amines) is 1. The van der Waals surface area contributed by atoms with Gasteiger partial charge in [0.15, 0.2) is 0 Å². The summed E-state index contributed by atoms with van der Waals surface area (Å²) in [7, 11) is 0. The first-order chi connectivity index (χ1) is 10.3. The molecule has 2 aliphatic rings. The summed E-state index contributed by atoms with van der Waals surface area (Å²) in [4.78, 5) is 7.09. The summed E-state index contributed by atoms with van der Waals surface area (Å²) in [6.45, 7) is 5.72. The monoisotopic (exact) mass is 346 g/mol. The van der Waals surface area contributed by atoms with Crippen molar-refractivity contribution >= 4 is 15.9 Å². The lowest BCUT2D eigenvalue weighted by atomic mass is 10.0. The van der Waals surface area contributed by atoms with Gasteiger partial charge in [-0.15, -0.1) is 0 Å². The maximum absolute atomic E-state index is 4.54. The molecule has 0 saturated carbocycles. The highest BCUT2D eigenvalue weighted by molar-refractivity contribution is 9.10. The minimum atomic E-state index is 0.838. The fourth-order valence-electron chi connectivity index (χ4n) is 3.57. The second-order valence-electron chi connectivity index (χ2n) is 6.08. The topological polar surface area (TPSA) is 33.1 Å². The van der Waals surface area contributed by atoms with Crippen molar-refractivity contribution < 1.29 is 0 Å². The SMILES string of the molecule is Brc1ccc(-c2nccn2CN2CC3CNCC3C2)cc1. The average Bonchev–Trinajstić information content (AvgIpc) is 3.16. The van der Waals surface area contributed by atoms with Crippen molar-refractivity contribution in [3.8, 4) is 11.4 Å². The summed E-state index contributed by atoms with van der Waals surface area (Å²) in [6.07, 6.45) is 3.99. The third-order valence-electron chi connectivity index (χ3n) is 4.64. The van der Waals surface area contributed by atoms with Gasteiger partial charge in [-0.2, -0.15) is 0 Å². The fourth-order valence-corrected chi connectivity index (χ4v) is 3.83. The Kier molecular flexibility index (Phi) is 3.57. The molecule has 5 heteroatoms. The van der Waals surface area contributed by atoms with Gasteiger partial charge in [-0.3, -0.25) is 4.90 Å². The number of aromatic nitrogens is 2. The second kappa shape index (κ2) is 5.55. The van der Waals surface area contributed by atoms with Gasteiger partial charge in [-0.05, 0) is 37.1 Å². The smallest absolute Gasteiger partial charge is 0.140 e. The molecule has 0 amide bonds. The number of hydrogen-bond donors (Lipinski definition) is 1. The molecule has 2 aliphatic heterocycles. The molecule has 0 aliphatic carbocycles. The van der Waals surface area contributed by atoms with E-state index < -0.39 is 0 Å². The van der Waals surface area contributed by atoms with Crippen molar-refractivity contribution in [2.24, 2.45) is 11.8 Å². The maximum Gasteiger partial charge on any atom is 0.140 e. The molecule has 110 valence electrons. The Labute approximate surface area is 133 Å². The first-order valence-electron chi connectivity index (χ1n) is 7.50. The lowest BCUT2D eigenvalue weighted by Gasteiger charge is -2.19. The van der Waals surface area contributed by atoms with Crippen molar-refractivity contribution in [1.82, 2.24) is 19.8 Å². The second-order valence-corrected chi connectivity index (χ2v) is 7.00. The Hall–Kier alpha value is -1.17. The predicted octanol–water partition coefficient (Wildman–Crippen LogP) is 2.42. The molecule has 3 heterocycles. The number of hydrogen-bond acceptors (Lipinski definition) is 3. The standard InChI is InChI=1S/C16H19BrN4/c17-15-3-1-12(2-4-15)16-19-5-6-21(16)11-20-9-13-7-18-8-14(13)10-20/h1-6,13-14,18H,7-11H2. The van der Waals surface area contributed by atoms with Crippen LogP contribution in [-0.2, 0) is 6.67 Å². The van der Waals surface area contributed by atoms with Crippen LogP contribution in [0.3, 0.4) is 0 Å². The first kappa shape index (κ1) is 13.5. The van der Waals surface area contributed by atoms with Gasteiger partial charge in [0.05, 0.1) is 6.67 Å². The third kappa shape index (κ3) is 2.65. The lowest BCUT2D eigenvalue weighted by molar-refractivity contribution is 0.252. The molecular weight excluding hydrogens is 328 g/mol. The van der Waals surface area contributed by atoms with Gasteiger partial charge in [-0.1, -0.05) is 28.1 Å². The zero-order valence-electron chi connectivity index (χ0n) is 11.9. The van der Waals surface area contributed by atoms with Gasteiger partial charge >= 0.3 is 0 Å². The molecule has 4 nitrogen and oxygen atoms in total. The van der Waals surface area contributed by atoms with Crippen LogP contribution in [0.4, 0.5) is 0 Å². The summed E-state index contributed by atoms with van der Waals surface area (Å²) >= 11 is 3.48. The summed E-state index contributed by atoms with van der Waals surface area (Å²) < 4.78 is 3.36. The minimum absolute atomic E-state index is 0.838. The van der Waals surface area contributed by atoms with Gasteiger partial charge in [-0.25, -0.2) is 4.98 Å². The van der Waals surface area contributed by atoms with Crippen LogP contribution in [-0.4, -0.2) is 40.6 Å². The van der Waals surface area contributed by atoms with E-state index in [2.05, 4.69) is 66.2 Å². The van der Waals surface area contributed by atoms with Crippen LogP contribution in [0.25, 0.3) is 11.4 Å². The molecule has 2 atom stereocenters. The van der Waals surface area contributed by atoms with Crippen LogP contribution in [0.5, 0.6) is 0 Å². The molecule has 1 N–H and O–H groups in total. The van der Waals surface area contributed by atoms with Gasteiger partial charge in [0.1, 0.15) is 5.82 Å². The number of rotatable bonds is 3. The highest BCUT2D eigenvalue weighted by atomic mass is 79.9. The van der Waals surface area contributed by atoms with Gasteiger partial charge in [0.2, 0.25) is 0 Å². The van der Waals surface area contributed by atoms with Crippen molar-refractivity contribution in [2.45, 2.75) is 6.67 Å². The van der Waals surface area contributed by atoms with E-state index in [-0.39, 0.29) is 0 Å². The normalized spacial score (nSPS) is 25.4. The van der Waals surface area contributed by atoms with Gasteiger partial charge in [0.25, 0.3) is 0 Å². The lowest BCUT2D eigenvalue weighted by Crippen LogP contribution is -2.28. The Morgan fingerprint density at radius 3 is 2.57 bits per heavy atom. The Balaban J connectivity index is 1.51. The number of benzene rings is 1. The Morgan fingerprint density at radius 2 is 1.86 bits per heavy atom. The summed E-state index contributed by atoms with van der Waals surface area (Å²) in [5.74, 6) is 2.73. The number of nitrogens with zero attached hydrogens (tertiary/aromatic N) is 3. The van der Waals surface area contributed by atoms with Crippen LogP contribution in [0.2, 0.25) is 0 Å². The van der Waals surface area contributed by atoms with E-state index in [0.717, 1.165) is 28.8 Å². The van der Waals surface area contributed by atoms with Crippen molar-refractivity contribution in [3.63, 3.8) is 0 Å². The molecule has 1 aromatic carbocycles. The van der Waals surface area contributed by atoms with Crippen LogP contribution in [0, 0.1) is 11.8 Å². The van der Waals surface area contributed by atoms with E-state index in [9.17, 15) is 0 Å². The van der Waals surface area contributed by atoms with E-state index in [1.165, 1.54) is 31.7 Å². The fraction of sp³-hybridized carbons (Fsp3) is 0.438. The minimum Gasteiger partial charge on any atom is -0.317 e. The molecule has 1 aromatic heterocycles. The van der Waals surface area contributed by atoms with Crippen LogP contribution in [0.1, 0.15) is 0 Å². The molecule has 0 bridgehead atoms. The van der Waals surface area contributed by atoms with E-state index in [1.807, 2.05) is 6.20 Å². The molecule has 2 fully saturated rings. The number of imidazole rings is 1. The molecule has 2 saturated heterocycles. The Morgan fingerprint density at radius 1 is 1.14 bits per heavy atom. The van der Waals surface area contributed by atoms with Crippen molar-refractivity contribution in [3.05, 3.63) is 41.1 Å². The molecule has 2 unspecified atom stereocenters. The summed E-state index contributed by atoms with van der Waals surface area (Å²) in [5, 5.41) is 3.50. The molecule has 2 aromatic rings. The van der Waals surface area contributed by atoms with Gasteiger partial charge in [0, 0.05) is 35.5 Å². The zero-order valence-corrected chi connectivity index (χ0v) is 13.5. The molecule has 4 rings (SSSR count). The zero-order chi connectivity index (χ0) is 14.2. The quantitative estimate of drug-likeness (QED) is 0.926. The average molecular weight is 347 g/mol. The van der Waals surface area contributed by atoms with Crippen LogP contribution < -0.4 is 5.32 Å². The number of fused-ring (bicyclic) bond motifs is 1. The first-order valence-corrected chi connectivity index (χ1v) is 8.29. The predicted molar refractivity (Wildman–Crippen MR) is 86.8 cm³/mol. The summed E-state index contributed by atoms with van der Waals surface area (Å²) in [6, 6.07) is 8.37. The van der Waals surface area contributed by atoms with Crippen LogP contribution in [0.15, 0.2) is 41.1 Å². The maximum atomic E-state index is 4.54. The van der Waals surface area contributed by atoms with Gasteiger partial charge < -0.3 is 9.88 Å². The molecule has 0 spiro atoms. The van der Waals surface area contributed by atoms with E-state index in [4.69, 9.17) is 0 Å². The largest absolute Gasteiger partial charge is 0.317 e. The number of halogens is 1. The number of nitrogens with one attached hydrogen (secondary N) is 1. The van der Waals surface area contributed by atoms with Crippen molar-refractivity contribution in [1.29, 1.82) is 0 Å². The summed E-state index contributed by atoms with van der Waals surface area (Å²) in [5.41, 5.74) is 1.17. The highest BCUT2D eigenvalue weighted by Crippen LogP contribution is 2.27. The van der Waals surface area contributed by atoms with E-state index in [1.54, 1.807) is 0 Å². The molecule has 21 heavy (non-hydrogen) atoms. The highest BCUT2D eigenvalue weighted by Gasteiger charge is 2.35. The van der Waals surface area contributed by atoms with Crippen LogP contribution >= 0.6 is 15.9 Å². The van der Waals surface area contributed by atoms with E-state index >= 15 is 0 Å². The van der Waals surface area contributed by atoms with Crippen molar-refractivity contribution in [2.75, 3.05) is 26.2 Å². The molecular formula is C16H19BrN4. The Bertz CT molecular complexity index is 609. The van der Waals surface area contributed by atoms with E-state index in [0.29, 0.717) is 0 Å². The third-order valence-corrected chi connectivity index (χ3v) is 5.16. The molecule has 0 radical (unpaired) electrons.